The number of carbonyl (C=O) groups excluding carboxylic acids is 3. The van der Waals surface area contributed by atoms with Crippen LogP contribution in [0.4, 0.5) is 0 Å². The van der Waals surface area contributed by atoms with Crippen molar-refractivity contribution in [3.8, 4) is 6.07 Å². The number of nitrogens with zero attached hydrogens (tertiary/aromatic N) is 1. The van der Waals surface area contributed by atoms with Crippen molar-refractivity contribution in [3.05, 3.63) is 11.6 Å². The van der Waals surface area contributed by atoms with Crippen LogP contribution >= 0.6 is 0 Å². The van der Waals surface area contributed by atoms with Gasteiger partial charge in [-0.25, -0.2) is 0 Å². The maximum Gasteiger partial charge on any atom is 0.312 e. The van der Waals surface area contributed by atoms with Crippen LogP contribution in [0.3, 0.4) is 0 Å². The van der Waals surface area contributed by atoms with E-state index in [1.807, 2.05) is 33.8 Å². The van der Waals surface area contributed by atoms with Crippen LogP contribution in [-0.4, -0.2) is 30.9 Å². The lowest BCUT2D eigenvalue weighted by atomic mass is 9.40. The first-order valence-electron chi connectivity index (χ1n) is 14.8. The van der Waals surface area contributed by atoms with Crippen molar-refractivity contribution in [1.29, 1.82) is 5.26 Å². The van der Waals surface area contributed by atoms with E-state index in [2.05, 4.69) is 26.8 Å². The van der Waals surface area contributed by atoms with Crippen molar-refractivity contribution in [1.82, 2.24) is 0 Å². The van der Waals surface area contributed by atoms with E-state index >= 15 is 0 Å². The molecule has 0 bridgehead atoms. The molecule has 5 aliphatic rings. The number of hydrogen-bond donors (Lipinski definition) is 0. The third-order valence-electron chi connectivity index (χ3n) is 11.8. The van der Waals surface area contributed by atoms with Gasteiger partial charge in [-0.15, -0.1) is 0 Å². The molecule has 0 spiro atoms. The molecule has 0 amide bonds. The third-order valence-corrected chi connectivity index (χ3v) is 11.8. The zero-order valence-electron chi connectivity index (χ0n) is 24.7. The third kappa shape index (κ3) is 3.89. The van der Waals surface area contributed by atoms with Crippen LogP contribution in [-0.2, 0) is 23.9 Å². The van der Waals surface area contributed by atoms with Gasteiger partial charge < -0.3 is 9.47 Å². The minimum Gasteiger partial charge on any atom is -0.469 e. The highest BCUT2D eigenvalue weighted by atomic mass is 16.5. The van der Waals surface area contributed by atoms with Crippen LogP contribution in [0.5, 0.6) is 0 Å². The fourth-order valence-corrected chi connectivity index (χ4v) is 9.97. The number of fused-ring (bicyclic) bond motifs is 7. The van der Waals surface area contributed by atoms with Gasteiger partial charge in [0, 0.05) is 23.7 Å². The lowest BCUT2D eigenvalue weighted by Crippen LogP contribution is -2.61. The van der Waals surface area contributed by atoms with E-state index in [1.54, 1.807) is 0 Å². The molecule has 4 aliphatic carbocycles. The van der Waals surface area contributed by atoms with Gasteiger partial charge in [0.25, 0.3) is 0 Å². The molecule has 210 valence electrons. The molecule has 6 nitrogen and oxygen atoms in total. The second-order valence-electron chi connectivity index (χ2n) is 13.7. The molecule has 38 heavy (non-hydrogen) atoms. The molecular formula is C32H47NO5. The van der Waals surface area contributed by atoms with Gasteiger partial charge in [-0.1, -0.05) is 54.5 Å². The first kappa shape index (κ1) is 28.8. The lowest BCUT2D eigenvalue weighted by Gasteiger charge is -2.63. The number of ether oxygens (including phenoxy) is 2. The summed E-state index contributed by atoms with van der Waals surface area (Å²) in [7, 11) is 1.47. The molecule has 1 aliphatic heterocycles. The minimum atomic E-state index is -0.656. The zero-order chi connectivity index (χ0) is 28.3. The van der Waals surface area contributed by atoms with Crippen molar-refractivity contribution >= 4 is 17.7 Å². The molecule has 3 saturated carbocycles. The Hall–Kier alpha value is -2.16. The second-order valence-corrected chi connectivity index (χ2v) is 13.7. The van der Waals surface area contributed by atoms with Crippen LogP contribution in [0, 0.1) is 62.6 Å². The lowest BCUT2D eigenvalue weighted by molar-refractivity contribution is -0.194. The summed E-state index contributed by atoms with van der Waals surface area (Å²) in [5.41, 5.74) is -1.66. The van der Waals surface area contributed by atoms with Crippen molar-refractivity contribution in [2.75, 3.05) is 7.11 Å². The summed E-state index contributed by atoms with van der Waals surface area (Å²) in [5, 5.41) is 9.84. The van der Waals surface area contributed by atoms with Crippen LogP contribution in [0.2, 0.25) is 0 Å². The van der Waals surface area contributed by atoms with E-state index in [1.165, 1.54) is 7.11 Å². The number of carbonyl (C=O) groups is 3. The summed E-state index contributed by atoms with van der Waals surface area (Å²) in [6.07, 6.45) is 7.90. The molecule has 4 fully saturated rings. The summed E-state index contributed by atoms with van der Waals surface area (Å²) >= 11 is 0. The van der Waals surface area contributed by atoms with Crippen molar-refractivity contribution in [3.63, 3.8) is 0 Å². The Morgan fingerprint density at radius 2 is 1.68 bits per heavy atom. The fraction of sp³-hybridized carbons (Fsp3) is 0.812. The van der Waals surface area contributed by atoms with Gasteiger partial charge in [0.2, 0.25) is 0 Å². The van der Waals surface area contributed by atoms with Gasteiger partial charge >= 0.3 is 11.9 Å². The molecule has 0 aromatic carbocycles. The average Bonchev–Trinajstić information content (AvgIpc) is 3.01. The highest BCUT2D eigenvalue weighted by Gasteiger charge is 2.67. The largest absolute Gasteiger partial charge is 0.469 e. The van der Waals surface area contributed by atoms with Crippen LogP contribution in [0.1, 0.15) is 99.8 Å². The second kappa shape index (κ2) is 9.79. The molecule has 1 heterocycles. The Morgan fingerprint density at radius 3 is 2.32 bits per heavy atom. The first-order valence-corrected chi connectivity index (χ1v) is 14.8. The van der Waals surface area contributed by atoms with Gasteiger partial charge in [-0.2, -0.15) is 5.26 Å². The van der Waals surface area contributed by atoms with E-state index < -0.39 is 16.2 Å². The van der Waals surface area contributed by atoms with Crippen LogP contribution in [0.25, 0.3) is 0 Å². The van der Waals surface area contributed by atoms with Crippen molar-refractivity contribution in [2.24, 2.45) is 51.2 Å². The molecule has 6 heteroatoms. The summed E-state index contributed by atoms with van der Waals surface area (Å²) in [4.78, 5) is 39.9. The Kier molecular flexibility index (Phi) is 7.43. The summed E-state index contributed by atoms with van der Waals surface area (Å²) in [5.74, 6) is 0.161. The standard InChI is InChI=1S/C30H41NO5.C2H6/c1-17-7-11-30(26(34)35-6)12-8-19-24(20(30)13-17)36-23(32)14-22-28(19,4)10-9-21-27(2,3)25(33)18(16-31)15-29(21,22)5;1-2/h15,17,19-22,24H,7-14H2,1-6H3;1-2H3. The van der Waals surface area contributed by atoms with E-state index in [0.717, 1.165) is 44.9 Å². The molecule has 0 aromatic rings. The maximum absolute atomic E-state index is 13.5. The van der Waals surface area contributed by atoms with Gasteiger partial charge in [-0.05, 0) is 73.5 Å². The monoisotopic (exact) mass is 525 g/mol. The fourth-order valence-electron chi connectivity index (χ4n) is 9.97. The number of esters is 2. The van der Waals surface area contributed by atoms with E-state index in [0.29, 0.717) is 5.92 Å². The maximum atomic E-state index is 13.5. The first-order chi connectivity index (χ1) is 17.8. The number of rotatable bonds is 1. The normalized spacial score (nSPS) is 45.1. The Balaban J connectivity index is 0.00000164. The summed E-state index contributed by atoms with van der Waals surface area (Å²) < 4.78 is 11.7. The molecule has 0 N–H and O–H groups in total. The smallest absolute Gasteiger partial charge is 0.312 e. The number of Topliss-reactive ketones (excluding diaryl/α,β-unsaturated/α-hetero) is 1. The quantitative estimate of drug-likeness (QED) is 0.366. The summed E-state index contributed by atoms with van der Waals surface area (Å²) in [6.45, 7) is 14.7. The van der Waals surface area contributed by atoms with E-state index in [4.69, 9.17) is 9.47 Å². The van der Waals surface area contributed by atoms with Gasteiger partial charge in [0.15, 0.2) is 5.78 Å². The van der Waals surface area contributed by atoms with Gasteiger partial charge in [-0.3, -0.25) is 14.4 Å². The number of allylic oxidation sites excluding steroid dienone is 2. The molecule has 9 unspecified atom stereocenters. The molecular weight excluding hydrogens is 478 g/mol. The van der Waals surface area contributed by atoms with Crippen LogP contribution < -0.4 is 0 Å². The SMILES string of the molecule is CC.COC(=O)C12CCC(C)CC1C1OC(=O)CC3C4(C)C=C(C#N)C(=O)C(C)(C)C4CCC3(C)C1CC2. The molecule has 0 radical (unpaired) electrons. The Bertz CT molecular complexity index is 1070. The number of ketones is 1. The van der Waals surface area contributed by atoms with E-state index in [-0.39, 0.29) is 64.9 Å². The predicted octanol–water partition coefficient (Wildman–Crippen LogP) is 6.43. The predicted molar refractivity (Wildman–Crippen MR) is 144 cm³/mol. The number of methoxy groups -OCH3 is 1. The Morgan fingerprint density at radius 1 is 1.03 bits per heavy atom. The minimum absolute atomic E-state index is 0.0337. The van der Waals surface area contributed by atoms with Crippen molar-refractivity contribution < 1.29 is 23.9 Å². The molecule has 9 atom stereocenters. The molecule has 5 rings (SSSR count). The average molecular weight is 526 g/mol. The van der Waals surface area contributed by atoms with E-state index in [9.17, 15) is 19.6 Å². The zero-order valence-corrected chi connectivity index (χ0v) is 24.7. The number of hydrogen-bond acceptors (Lipinski definition) is 6. The van der Waals surface area contributed by atoms with Gasteiger partial charge in [0.05, 0.1) is 18.1 Å². The highest BCUT2D eigenvalue weighted by molar-refractivity contribution is 6.04. The molecule has 1 saturated heterocycles. The highest BCUT2D eigenvalue weighted by Crippen LogP contribution is 2.69. The van der Waals surface area contributed by atoms with Crippen LogP contribution in [0.15, 0.2) is 11.6 Å². The number of nitriles is 1. The molecule has 0 aromatic heterocycles. The van der Waals surface area contributed by atoms with Gasteiger partial charge in [0.1, 0.15) is 12.2 Å². The summed E-state index contributed by atoms with van der Waals surface area (Å²) in [6, 6.07) is 2.17. The Labute approximate surface area is 228 Å². The van der Waals surface area contributed by atoms with Crippen molar-refractivity contribution in [2.45, 2.75) is 106 Å². The topological polar surface area (TPSA) is 93.5 Å².